The average Bonchev–Trinajstić information content (AvgIpc) is 3.07. The molecule has 0 fully saturated rings. The fourth-order valence-electron chi connectivity index (χ4n) is 2.60. The van der Waals surface area contributed by atoms with Crippen molar-refractivity contribution in [1.29, 1.82) is 0 Å². The van der Waals surface area contributed by atoms with Gasteiger partial charge in [-0.05, 0) is 53.7 Å². The van der Waals surface area contributed by atoms with Crippen molar-refractivity contribution >= 4 is 16.8 Å². The van der Waals surface area contributed by atoms with Crippen LogP contribution >= 0.6 is 0 Å². The van der Waals surface area contributed by atoms with Crippen molar-refractivity contribution in [2.75, 3.05) is 13.2 Å². The van der Waals surface area contributed by atoms with Crippen LogP contribution < -0.4 is 14.8 Å². The third-order valence-electron chi connectivity index (χ3n) is 3.85. The molecule has 0 saturated heterocycles. The Balaban J connectivity index is 1.73. The number of nitrogens with one attached hydrogen (secondary N) is 1. The Morgan fingerprint density at radius 2 is 1.93 bits per heavy atom. The lowest BCUT2D eigenvalue weighted by atomic mass is 10.0. The molecule has 9 heteroatoms. The molecule has 0 spiro atoms. The highest BCUT2D eigenvalue weighted by Crippen LogP contribution is 2.31. The van der Waals surface area contributed by atoms with E-state index < -0.39 is 6.36 Å². The molecule has 152 valence electrons. The SMILES string of the molecule is C=CNC(C)=NCCOc1noc2ccc(-c3ccc(OC(F)(F)F)cc3)cc12. The number of fused-ring (bicyclic) bond motifs is 1. The number of nitrogens with zero attached hydrogens (tertiary/aromatic N) is 2. The van der Waals surface area contributed by atoms with Crippen molar-refractivity contribution in [2.24, 2.45) is 4.99 Å². The van der Waals surface area contributed by atoms with Crippen LogP contribution in [0, 0.1) is 0 Å². The summed E-state index contributed by atoms with van der Waals surface area (Å²) in [5.74, 6) is 0.760. The monoisotopic (exact) mass is 405 g/mol. The van der Waals surface area contributed by atoms with Crippen LogP contribution in [0.5, 0.6) is 11.6 Å². The molecule has 6 nitrogen and oxygen atoms in total. The number of alkyl halides is 3. The lowest BCUT2D eigenvalue weighted by Gasteiger charge is -2.09. The fourth-order valence-corrected chi connectivity index (χ4v) is 2.60. The van der Waals surface area contributed by atoms with Gasteiger partial charge in [-0.1, -0.05) is 24.8 Å². The Bertz CT molecular complexity index is 1010. The zero-order chi connectivity index (χ0) is 20.9. The van der Waals surface area contributed by atoms with E-state index in [0.717, 1.165) is 5.56 Å². The Hall–Kier alpha value is -3.49. The quantitative estimate of drug-likeness (QED) is 0.343. The fraction of sp³-hybridized carbons (Fsp3) is 0.200. The van der Waals surface area contributed by atoms with E-state index in [1.54, 1.807) is 30.3 Å². The summed E-state index contributed by atoms with van der Waals surface area (Å²) >= 11 is 0. The van der Waals surface area contributed by atoms with Gasteiger partial charge in [-0.25, -0.2) is 0 Å². The predicted octanol–water partition coefficient (Wildman–Crippen LogP) is 4.92. The van der Waals surface area contributed by atoms with Crippen molar-refractivity contribution in [1.82, 2.24) is 10.5 Å². The molecule has 2 aromatic carbocycles. The van der Waals surface area contributed by atoms with Crippen LogP contribution in [0.4, 0.5) is 13.2 Å². The van der Waals surface area contributed by atoms with Crippen molar-refractivity contribution in [2.45, 2.75) is 13.3 Å². The lowest BCUT2D eigenvalue weighted by Crippen LogP contribution is -2.16. The maximum Gasteiger partial charge on any atom is 0.573 e. The summed E-state index contributed by atoms with van der Waals surface area (Å²) in [5, 5.41) is 7.43. The van der Waals surface area contributed by atoms with Gasteiger partial charge in [0.1, 0.15) is 12.4 Å². The summed E-state index contributed by atoms with van der Waals surface area (Å²) in [6.07, 6.45) is -3.19. The second-order valence-electron chi connectivity index (χ2n) is 5.93. The molecule has 0 unspecified atom stereocenters. The van der Waals surface area contributed by atoms with E-state index in [4.69, 9.17) is 9.26 Å². The largest absolute Gasteiger partial charge is 0.573 e. The van der Waals surface area contributed by atoms with Crippen molar-refractivity contribution < 1.29 is 27.2 Å². The number of hydrogen-bond acceptors (Lipinski definition) is 5. The molecule has 3 rings (SSSR count). The predicted molar refractivity (Wildman–Crippen MR) is 103 cm³/mol. The minimum Gasteiger partial charge on any atom is -0.473 e. The van der Waals surface area contributed by atoms with E-state index in [-0.39, 0.29) is 5.75 Å². The minimum absolute atomic E-state index is 0.280. The van der Waals surface area contributed by atoms with Crippen LogP contribution in [-0.2, 0) is 0 Å². The lowest BCUT2D eigenvalue weighted by molar-refractivity contribution is -0.274. The first-order valence-corrected chi connectivity index (χ1v) is 8.62. The van der Waals surface area contributed by atoms with Crippen LogP contribution in [0.15, 0.2) is 64.8 Å². The molecule has 0 aliphatic carbocycles. The van der Waals surface area contributed by atoms with Crippen molar-refractivity contribution in [3.05, 3.63) is 55.2 Å². The zero-order valence-corrected chi connectivity index (χ0v) is 15.5. The molecule has 0 radical (unpaired) electrons. The smallest absolute Gasteiger partial charge is 0.473 e. The number of hydrogen-bond donors (Lipinski definition) is 1. The highest BCUT2D eigenvalue weighted by atomic mass is 19.4. The molecule has 0 amide bonds. The molecule has 0 aliphatic rings. The first-order valence-electron chi connectivity index (χ1n) is 8.62. The third-order valence-corrected chi connectivity index (χ3v) is 3.85. The van der Waals surface area contributed by atoms with Gasteiger partial charge in [0, 0.05) is 0 Å². The van der Waals surface area contributed by atoms with Gasteiger partial charge in [-0.3, -0.25) is 4.99 Å². The minimum atomic E-state index is -4.72. The van der Waals surface area contributed by atoms with E-state index in [2.05, 4.69) is 26.8 Å². The summed E-state index contributed by atoms with van der Waals surface area (Å²) < 4.78 is 51.6. The summed E-state index contributed by atoms with van der Waals surface area (Å²) in [5.41, 5.74) is 2.02. The van der Waals surface area contributed by atoms with Gasteiger partial charge in [0.25, 0.3) is 5.88 Å². The Kier molecular flexibility index (Phi) is 6.06. The molecule has 0 atom stereocenters. The number of aromatic nitrogens is 1. The molecule has 3 aromatic rings. The van der Waals surface area contributed by atoms with E-state index in [1.807, 2.05) is 6.92 Å². The van der Waals surface area contributed by atoms with Gasteiger partial charge in [0.2, 0.25) is 0 Å². The number of rotatable bonds is 7. The molecule has 1 heterocycles. The van der Waals surface area contributed by atoms with Gasteiger partial charge in [0.15, 0.2) is 5.58 Å². The topological polar surface area (TPSA) is 68.9 Å². The van der Waals surface area contributed by atoms with E-state index in [1.165, 1.54) is 18.3 Å². The Morgan fingerprint density at radius 3 is 2.62 bits per heavy atom. The highest BCUT2D eigenvalue weighted by Gasteiger charge is 2.30. The van der Waals surface area contributed by atoms with Crippen LogP contribution in [0.1, 0.15) is 6.92 Å². The van der Waals surface area contributed by atoms with Crippen molar-refractivity contribution in [3.8, 4) is 22.8 Å². The second kappa shape index (κ2) is 8.68. The van der Waals surface area contributed by atoms with Crippen LogP contribution in [0.3, 0.4) is 0 Å². The van der Waals surface area contributed by atoms with Gasteiger partial charge in [-0.15, -0.1) is 13.2 Å². The highest BCUT2D eigenvalue weighted by molar-refractivity contribution is 5.87. The molecule has 29 heavy (non-hydrogen) atoms. The van der Waals surface area contributed by atoms with E-state index in [0.29, 0.717) is 41.4 Å². The second-order valence-corrected chi connectivity index (χ2v) is 5.93. The summed E-state index contributed by atoms with van der Waals surface area (Å²) in [6, 6.07) is 10.9. The van der Waals surface area contributed by atoms with Crippen LogP contribution in [0.2, 0.25) is 0 Å². The molecule has 0 saturated carbocycles. The summed E-state index contributed by atoms with van der Waals surface area (Å²) in [6.45, 7) is 6.08. The van der Waals surface area contributed by atoms with E-state index in [9.17, 15) is 13.2 Å². The maximum absolute atomic E-state index is 12.3. The maximum atomic E-state index is 12.3. The molecule has 0 bridgehead atoms. The van der Waals surface area contributed by atoms with Crippen LogP contribution in [-0.4, -0.2) is 30.5 Å². The third kappa shape index (κ3) is 5.50. The summed E-state index contributed by atoms with van der Waals surface area (Å²) in [7, 11) is 0. The van der Waals surface area contributed by atoms with Crippen LogP contribution in [0.25, 0.3) is 22.1 Å². The molecular formula is C20H18F3N3O3. The van der Waals surface area contributed by atoms with Gasteiger partial charge >= 0.3 is 6.36 Å². The van der Waals surface area contributed by atoms with E-state index >= 15 is 0 Å². The molecule has 0 aliphatic heterocycles. The Labute approximate surface area is 164 Å². The number of benzene rings is 2. The summed E-state index contributed by atoms with van der Waals surface area (Å²) in [4.78, 5) is 4.25. The molecule has 1 aromatic heterocycles. The zero-order valence-electron chi connectivity index (χ0n) is 15.5. The molecular weight excluding hydrogens is 387 g/mol. The van der Waals surface area contributed by atoms with Gasteiger partial charge in [-0.2, -0.15) is 0 Å². The van der Waals surface area contributed by atoms with Crippen molar-refractivity contribution in [3.63, 3.8) is 0 Å². The average molecular weight is 405 g/mol. The van der Waals surface area contributed by atoms with Gasteiger partial charge < -0.3 is 19.3 Å². The van der Waals surface area contributed by atoms with Gasteiger partial charge in [0.05, 0.1) is 17.8 Å². The number of ether oxygens (including phenoxy) is 2. The molecule has 1 N–H and O–H groups in total. The standard InChI is InChI=1S/C20H18F3N3O3/c1-3-24-13(2)25-10-11-27-19-17-12-15(6-9-18(17)29-26-19)14-4-7-16(8-5-14)28-20(21,22)23/h3-9,12H,1,10-11H2,2H3,(H,24,25). The number of amidine groups is 1. The number of halogens is 3. The normalized spacial score (nSPS) is 12.1. The first-order chi connectivity index (χ1) is 13.9. The Morgan fingerprint density at radius 1 is 1.21 bits per heavy atom. The first kappa shape index (κ1) is 20.2. The number of aliphatic imine (C=N–C) groups is 1.